The summed E-state index contributed by atoms with van der Waals surface area (Å²) in [5.74, 6) is 1.21. The minimum Gasteiger partial charge on any atom is -0.303 e. The molecule has 1 aromatic rings. The van der Waals surface area contributed by atoms with E-state index in [0.29, 0.717) is 0 Å². The number of thiazole rings is 1. The fourth-order valence-electron chi connectivity index (χ4n) is 1.70. The van der Waals surface area contributed by atoms with Gasteiger partial charge in [-0.3, -0.25) is 0 Å². The highest BCUT2D eigenvalue weighted by atomic mass is 32.2. The summed E-state index contributed by atoms with van der Waals surface area (Å²) < 4.78 is 1.39. The van der Waals surface area contributed by atoms with Crippen molar-refractivity contribution in [2.45, 2.75) is 24.0 Å². The third-order valence-corrected chi connectivity index (χ3v) is 4.85. The maximum Gasteiger partial charge on any atom is 0.0827 e. The second kappa shape index (κ2) is 5.14. The van der Waals surface area contributed by atoms with E-state index in [1.807, 2.05) is 17.3 Å². The normalized spacial score (nSPS) is 17.8. The van der Waals surface area contributed by atoms with Crippen molar-refractivity contribution in [3.05, 3.63) is 11.2 Å². The Balaban J connectivity index is 1.70. The molecule has 1 aromatic heterocycles. The van der Waals surface area contributed by atoms with Gasteiger partial charge in [-0.25, -0.2) is 4.98 Å². The van der Waals surface area contributed by atoms with Crippen molar-refractivity contribution in [1.29, 1.82) is 0 Å². The summed E-state index contributed by atoms with van der Waals surface area (Å²) in [6.45, 7) is 5.95. The van der Waals surface area contributed by atoms with Crippen LogP contribution in [0.25, 0.3) is 0 Å². The van der Waals surface area contributed by atoms with Crippen LogP contribution < -0.4 is 0 Å². The van der Waals surface area contributed by atoms with E-state index in [0.717, 1.165) is 0 Å². The van der Waals surface area contributed by atoms with Gasteiger partial charge in [0.05, 0.1) is 15.4 Å². The number of nitrogens with zero attached hydrogens (tertiary/aromatic N) is 2. The van der Waals surface area contributed by atoms with Gasteiger partial charge in [0.15, 0.2) is 0 Å². The predicted molar refractivity (Wildman–Crippen MR) is 63.2 cm³/mol. The van der Waals surface area contributed by atoms with Crippen LogP contribution in [-0.2, 0) is 0 Å². The Labute approximate surface area is 93.7 Å². The van der Waals surface area contributed by atoms with Gasteiger partial charge in [-0.05, 0) is 32.9 Å². The van der Waals surface area contributed by atoms with Crippen LogP contribution in [0, 0.1) is 6.92 Å². The Morgan fingerprint density at radius 1 is 1.50 bits per heavy atom. The van der Waals surface area contributed by atoms with Crippen LogP contribution in [0.4, 0.5) is 0 Å². The number of rotatable bonds is 4. The quantitative estimate of drug-likeness (QED) is 0.737. The molecule has 78 valence electrons. The molecule has 1 fully saturated rings. The van der Waals surface area contributed by atoms with Crippen molar-refractivity contribution in [1.82, 2.24) is 9.88 Å². The highest BCUT2D eigenvalue weighted by molar-refractivity contribution is 8.01. The average molecular weight is 228 g/mol. The number of thioether (sulfide) groups is 1. The van der Waals surface area contributed by atoms with Crippen LogP contribution in [0.5, 0.6) is 0 Å². The first-order valence-corrected chi connectivity index (χ1v) is 6.98. The first-order chi connectivity index (χ1) is 6.86. The second-order valence-corrected chi connectivity index (χ2v) is 5.84. The average Bonchev–Trinajstić information content (AvgIpc) is 2.78. The number of likely N-dealkylation sites (tertiary alicyclic amines) is 1. The summed E-state index contributed by atoms with van der Waals surface area (Å²) >= 11 is 3.72. The molecule has 0 N–H and O–H groups in total. The van der Waals surface area contributed by atoms with E-state index in [1.54, 1.807) is 11.3 Å². The van der Waals surface area contributed by atoms with Crippen LogP contribution >= 0.6 is 23.1 Å². The maximum absolute atomic E-state index is 4.25. The van der Waals surface area contributed by atoms with E-state index in [9.17, 15) is 0 Å². The molecule has 0 radical (unpaired) electrons. The molecule has 1 saturated heterocycles. The lowest BCUT2D eigenvalue weighted by Gasteiger charge is -2.13. The van der Waals surface area contributed by atoms with Crippen LogP contribution in [-0.4, -0.2) is 35.3 Å². The van der Waals surface area contributed by atoms with Gasteiger partial charge in [0.1, 0.15) is 0 Å². The molecule has 0 saturated carbocycles. The predicted octanol–water partition coefficient (Wildman–Crippen LogP) is 2.64. The molecular weight excluding hydrogens is 212 g/mol. The van der Waals surface area contributed by atoms with Crippen LogP contribution in [0.1, 0.15) is 18.5 Å². The van der Waals surface area contributed by atoms with Gasteiger partial charge in [-0.15, -0.1) is 23.1 Å². The highest BCUT2D eigenvalue weighted by Crippen LogP contribution is 2.26. The molecule has 0 aromatic carbocycles. The molecule has 1 aliphatic rings. The fraction of sp³-hybridized carbons (Fsp3) is 0.700. The van der Waals surface area contributed by atoms with Crippen LogP contribution in [0.2, 0.25) is 0 Å². The molecule has 14 heavy (non-hydrogen) atoms. The highest BCUT2D eigenvalue weighted by Gasteiger charge is 2.11. The second-order valence-electron chi connectivity index (χ2n) is 3.62. The van der Waals surface area contributed by atoms with Gasteiger partial charge < -0.3 is 4.90 Å². The SMILES string of the molecule is Cc1ncsc1SCCN1CCCC1. The molecule has 0 atom stereocenters. The smallest absolute Gasteiger partial charge is 0.0827 e. The summed E-state index contributed by atoms with van der Waals surface area (Å²) in [5, 5.41) is 0. The molecule has 0 bridgehead atoms. The van der Waals surface area contributed by atoms with E-state index in [2.05, 4.69) is 16.8 Å². The van der Waals surface area contributed by atoms with Crippen LogP contribution in [0.15, 0.2) is 9.72 Å². The molecule has 1 aliphatic heterocycles. The largest absolute Gasteiger partial charge is 0.303 e. The van der Waals surface area contributed by atoms with Crippen molar-refractivity contribution in [3.63, 3.8) is 0 Å². The first kappa shape index (κ1) is 10.5. The monoisotopic (exact) mass is 228 g/mol. The summed E-state index contributed by atoms with van der Waals surface area (Å²) in [4.78, 5) is 6.81. The van der Waals surface area contributed by atoms with Gasteiger partial charge in [-0.2, -0.15) is 0 Å². The lowest BCUT2D eigenvalue weighted by atomic mass is 10.4. The van der Waals surface area contributed by atoms with E-state index < -0.39 is 0 Å². The summed E-state index contributed by atoms with van der Waals surface area (Å²) in [6, 6.07) is 0. The zero-order valence-corrected chi connectivity index (χ0v) is 10.2. The molecule has 2 rings (SSSR count). The van der Waals surface area contributed by atoms with Crippen molar-refractivity contribution in [2.75, 3.05) is 25.4 Å². The third-order valence-electron chi connectivity index (χ3n) is 2.54. The number of hydrogen-bond acceptors (Lipinski definition) is 4. The third kappa shape index (κ3) is 2.72. The fourth-order valence-corrected chi connectivity index (χ4v) is 3.68. The Hall–Kier alpha value is -0.0600. The zero-order valence-electron chi connectivity index (χ0n) is 8.53. The van der Waals surface area contributed by atoms with Crippen molar-refractivity contribution < 1.29 is 0 Å². The Kier molecular flexibility index (Phi) is 3.84. The summed E-state index contributed by atoms with van der Waals surface area (Å²) in [6.07, 6.45) is 2.79. The standard InChI is InChI=1S/C10H16N2S2/c1-9-10(14-8-11-9)13-7-6-12-4-2-3-5-12/h8H,2-7H2,1H3. The van der Waals surface area contributed by atoms with E-state index in [-0.39, 0.29) is 0 Å². The van der Waals surface area contributed by atoms with E-state index in [4.69, 9.17) is 0 Å². The minimum absolute atomic E-state index is 1.20. The van der Waals surface area contributed by atoms with Crippen LogP contribution in [0.3, 0.4) is 0 Å². The Morgan fingerprint density at radius 3 is 2.93 bits per heavy atom. The summed E-state index contributed by atoms with van der Waals surface area (Å²) in [7, 11) is 0. The van der Waals surface area contributed by atoms with Gasteiger partial charge in [-0.1, -0.05) is 0 Å². The molecule has 0 unspecified atom stereocenters. The first-order valence-electron chi connectivity index (χ1n) is 5.11. The molecule has 4 heteroatoms. The lowest BCUT2D eigenvalue weighted by molar-refractivity contribution is 0.362. The van der Waals surface area contributed by atoms with Gasteiger partial charge in [0.25, 0.3) is 0 Å². The van der Waals surface area contributed by atoms with Crippen molar-refractivity contribution in [3.8, 4) is 0 Å². The maximum atomic E-state index is 4.25. The number of hydrogen-bond donors (Lipinski definition) is 0. The zero-order chi connectivity index (χ0) is 9.80. The summed E-state index contributed by atoms with van der Waals surface area (Å²) in [5.41, 5.74) is 3.13. The van der Waals surface area contributed by atoms with Gasteiger partial charge in [0, 0.05) is 12.3 Å². The molecule has 0 aliphatic carbocycles. The molecule has 2 nitrogen and oxygen atoms in total. The molecule has 0 amide bonds. The molecular formula is C10H16N2S2. The van der Waals surface area contributed by atoms with E-state index in [1.165, 1.54) is 48.1 Å². The Bertz CT molecular complexity index is 279. The van der Waals surface area contributed by atoms with Gasteiger partial charge in [0.2, 0.25) is 0 Å². The van der Waals surface area contributed by atoms with Gasteiger partial charge >= 0.3 is 0 Å². The Morgan fingerprint density at radius 2 is 2.29 bits per heavy atom. The molecule has 0 spiro atoms. The minimum atomic E-state index is 1.20. The van der Waals surface area contributed by atoms with Crippen molar-refractivity contribution in [2.24, 2.45) is 0 Å². The number of aromatic nitrogens is 1. The van der Waals surface area contributed by atoms with E-state index >= 15 is 0 Å². The lowest BCUT2D eigenvalue weighted by Crippen LogP contribution is -2.21. The van der Waals surface area contributed by atoms with Crippen molar-refractivity contribution >= 4 is 23.1 Å². The number of aryl methyl sites for hydroxylation is 1. The molecule has 2 heterocycles. The topological polar surface area (TPSA) is 16.1 Å².